The fourth-order valence-corrected chi connectivity index (χ4v) is 3.29. The summed E-state index contributed by atoms with van der Waals surface area (Å²) >= 11 is 0. The Morgan fingerprint density at radius 1 is 1.26 bits per heavy atom. The van der Waals surface area contributed by atoms with Gasteiger partial charge in [-0.3, -0.25) is 0 Å². The van der Waals surface area contributed by atoms with Gasteiger partial charge in [-0.2, -0.15) is 0 Å². The molecule has 0 aliphatic heterocycles. The number of likely N-dealkylation sites (N-methyl/N-ethyl adjacent to an activating group) is 1. The van der Waals surface area contributed by atoms with Crippen molar-refractivity contribution in [2.24, 2.45) is 10.9 Å². The molecular weight excluding hydrogens is 364 g/mol. The van der Waals surface area contributed by atoms with E-state index < -0.39 is 10.0 Å². The minimum atomic E-state index is -3.25. The number of ether oxygens (including phenoxy) is 1. The lowest BCUT2D eigenvalue weighted by atomic mass is 10.1. The number of hydrogen-bond acceptors (Lipinski definition) is 4. The largest absolute Gasteiger partial charge is 0.379 e. The lowest BCUT2D eigenvalue weighted by molar-refractivity contribution is 0.115. The minimum absolute atomic E-state index is 0.0146. The van der Waals surface area contributed by atoms with Crippen LogP contribution in [0.1, 0.15) is 30.9 Å². The summed E-state index contributed by atoms with van der Waals surface area (Å²) in [5.41, 5.74) is 1.79. The van der Waals surface area contributed by atoms with Gasteiger partial charge in [-0.15, -0.1) is 0 Å². The third-order valence-electron chi connectivity index (χ3n) is 4.42. The molecule has 0 unspecified atom stereocenters. The van der Waals surface area contributed by atoms with Crippen molar-refractivity contribution >= 4 is 16.0 Å². The van der Waals surface area contributed by atoms with Crippen LogP contribution in [0.5, 0.6) is 0 Å². The second kappa shape index (κ2) is 10.6. The molecule has 0 spiro atoms. The van der Waals surface area contributed by atoms with E-state index in [1.165, 1.54) is 19.9 Å². The van der Waals surface area contributed by atoms with Crippen molar-refractivity contribution in [1.29, 1.82) is 0 Å². The topological polar surface area (TPSA) is 83.0 Å². The minimum Gasteiger partial charge on any atom is -0.379 e. The van der Waals surface area contributed by atoms with E-state index in [9.17, 15) is 8.42 Å². The Labute approximate surface area is 163 Å². The van der Waals surface area contributed by atoms with E-state index in [1.54, 1.807) is 0 Å². The van der Waals surface area contributed by atoms with Crippen LogP contribution < -0.4 is 10.0 Å². The number of guanidine groups is 1. The first-order chi connectivity index (χ1) is 12.9. The van der Waals surface area contributed by atoms with Gasteiger partial charge in [-0.1, -0.05) is 24.3 Å². The Hall–Kier alpha value is -1.64. The third kappa shape index (κ3) is 8.28. The van der Waals surface area contributed by atoms with E-state index in [0.29, 0.717) is 13.2 Å². The van der Waals surface area contributed by atoms with E-state index in [1.807, 2.05) is 38.2 Å². The van der Waals surface area contributed by atoms with E-state index >= 15 is 0 Å². The highest BCUT2D eigenvalue weighted by molar-refractivity contribution is 7.88. The normalized spacial score (nSPS) is 15.0. The number of rotatable bonds is 11. The third-order valence-corrected chi connectivity index (χ3v) is 5.76. The number of hydrogen-bond donors (Lipinski definition) is 2. The summed E-state index contributed by atoms with van der Waals surface area (Å²) in [6.45, 7) is 5.74. The molecule has 0 atom stereocenters. The SMILES string of the molecule is CCNC(=NCc1ccc(CS(=O)(=O)NC)cc1)N(C)CCOCC1CC1. The van der Waals surface area contributed by atoms with Crippen LogP contribution in [0.25, 0.3) is 0 Å². The average molecular weight is 397 g/mol. The zero-order chi connectivity index (χ0) is 19.7. The van der Waals surface area contributed by atoms with Crippen molar-refractivity contribution in [3.05, 3.63) is 35.4 Å². The lowest BCUT2D eigenvalue weighted by Crippen LogP contribution is -2.40. The maximum Gasteiger partial charge on any atom is 0.215 e. The highest BCUT2D eigenvalue weighted by atomic mass is 32.2. The van der Waals surface area contributed by atoms with Gasteiger partial charge >= 0.3 is 0 Å². The van der Waals surface area contributed by atoms with E-state index in [-0.39, 0.29) is 5.75 Å². The van der Waals surface area contributed by atoms with Gasteiger partial charge in [0.25, 0.3) is 0 Å². The molecule has 0 aromatic heterocycles. The first kappa shape index (κ1) is 21.7. The Morgan fingerprint density at radius 2 is 1.93 bits per heavy atom. The number of aliphatic imine (C=N–C) groups is 1. The standard InChI is InChI=1S/C19H32N4O3S/c1-4-21-19(23(3)11-12-26-14-17-7-8-17)22-13-16-5-9-18(10-6-16)15-27(24,25)20-2/h5-6,9-10,17,20H,4,7-8,11-15H2,1-3H3,(H,21,22). The predicted octanol–water partition coefficient (Wildman–Crippen LogP) is 1.56. The molecule has 0 heterocycles. The van der Waals surface area contributed by atoms with Crippen LogP contribution in [0.3, 0.4) is 0 Å². The van der Waals surface area contributed by atoms with Gasteiger partial charge in [0.05, 0.1) is 18.9 Å². The second-order valence-electron chi connectivity index (χ2n) is 6.89. The molecular formula is C19H32N4O3S. The van der Waals surface area contributed by atoms with Crippen LogP contribution in [0, 0.1) is 5.92 Å². The summed E-state index contributed by atoms with van der Waals surface area (Å²) in [6, 6.07) is 7.52. The van der Waals surface area contributed by atoms with E-state index in [4.69, 9.17) is 4.74 Å². The second-order valence-corrected chi connectivity index (χ2v) is 8.82. The lowest BCUT2D eigenvalue weighted by Gasteiger charge is -2.22. The molecule has 152 valence electrons. The van der Waals surface area contributed by atoms with Crippen LogP contribution in [0.2, 0.25) is 0 Å². The van der Waals surface area contributed by atoms with Crippen LogP contribution in [-0.4, -0.2) is 59.7 Å². The number of nitrogens with zero attached hydrogens (tertiary/aromatic N) is 2. The highest BCUT2D eigenvalue weighted by Gasteiger charge is 2.21. The van der Waals surface area contributed by atoms with Gasteiger partial charge < -0.3 is 15.0 Å². The molecule has 1 aliphatic rings. The fraction of sp³-hybridized carbons (Fsp3) is 0.632. The maximum atomic E-state index is 11.6. The summed E-state index contributed by atoms with van der Waals surface area (Å²) in [5.74, 6) is 1.61. The number of nitrogens with one attached hydrogen (secondary N) is 2. The zero-order valence-corrected chi connectivity index (χ0v) is 17.4. The summed E-state index contributed by atoms with van der Waals surface area (Å²) in [4.78, 5) is 6.75. The smallest absolute Gasteiger partial charge is 0.215 e. The van der Waals surface area contributed by atoms with Gasteiger partial charge in [-0.05, 0) is 43.9 Å². The maximum absolute atomic E-state index is 11.6. The molecule has 8 heteroatoms. The van der Waals surface area contributed by atoms with Crippen molar-refractivity contribution < 1.29 is 13.2 Å². The van der Waals surface area contributed by atoms with Gasteiger partial charge in [0.15, 0.2) is 5.96 Å². The van der Waals surface area contributed by atoms with E-state index in [2.05, 4.69) is 19.9 Å². The van der Waals surface area contributed by atoms with Crippen molar-refractivity contribution in [2.75, 3.05) is 40.4 Å². The molecule has 1 fully saturated rings. The molecule has 27 heavy (non-hydrogen) atoms. The van der Waals surface area contributed by atoms with Crippen molar-refractivity contribution in [3.8, 4) is 0 Å². The first-order valence-electron chi connectivity index (χ1n) is 9.49. The predicted molar refractivity (Wildman–Crippen MR) is 109 cm³/mol. The summed E-state index contributed by atoms with van der Waals surface area (Å²) in [7, 11) is 0.184. The first-order valence-corrected chi connectivity index (χ1v) is 11.1. The summed E-state index contributed by atoms with van der Waals surface area (Å²) in [5, 5.41) is 3.30. The summed E-state index contributed by atoms with van der Waals surface area (Å²) < 4.78 is 31.2. The fourth-order valence-electron chi connectivity index (χ4n) is 2.51. The molecule has 0 amide bonds. The van der Waals surface area contributed by atoms with Gasteiger partial charge in [0, 0.05) is 26.7 Å². The molecule has 1 aromatic rings. The number of benzene rings is 1. The molecule has 1 aliphatic carbocycles. The molecule has 0 saturated heterocycles. The summed E-state index contributed by atoms with van der Waals surface area (Å²) in [6.07, 6.45) is 2.61. The van der Waals surface area contributed by atoms with Gasteiger partial charge in [0.1, 0.15) is 0 Å². The molecule has 0 radical (unpaired) electrons. The van der Waals surface area contributed by atoms with Gasteiger partial charge in [-0.25, -0.2) is 18.1 Å². The quantitative estimate of drug-likeness (QED) is 0.337. The molecule has 1 aromatic carbocycles. The molecule has 0 bridgehead atoms. The molecule has 2 N–H and O–H groups in total. The average Bonchev–Trinajstić information content (AvgIpc) is 3.47. The Kier molecular flexibility index (Phi) is 8.53. The van der Waals surface area contributed by atoms with Crippen molar-refractivity contribution in [3.63, 3.8) is 0 Å². The van der Waals surface area contributed by atoms with Crippen LogP contribution in [-0.2, 0) is 27.1 Å². The monoisotopic (exact) mass is 396 g/mol. The van der Waals surface area contributed by atoms with Crippen LogP contribution in [0.15, 0.2) is 29.3 Å². The molecule has 2 rings (SSSR count). The number of sulfonamides is 1. The molecule has 7 nitrogen and oxygen atoms in total. The van der Waals surface area contributed by atoms with Crippen molar-refractivity contribution in [1.82, 2.24) is 14.9 Å². The highest BCUT2D eigenvalue weighted by Crippen LogP contribution is 2.28. The van der Waals surface area contributed by atoms with E-state index in [0.717, 1.165) is 42.7 Å². The Morgan fingerprint density at radius 3 is 2.52 bits per heavy atom. The van der Waals surface area contributed by atoms with Crippen LogP contribution >= 0.6 is 0 Å². The van der Waals surface area contributed by atoms with Crippen LogP contribution in [0.4, 0.5) is 0 Å². The van der Waals surface area contributed by atoms with Gasteiger partial charge in [0.2, 0.25) is 10.0 Å². The van der Waals surface area contributed by atoms with Crippen molar-refractivity contribution in [2.45, 2.75) is 32.1 Å². The Balaban J connectivity index is 1.86. The Bertz CT molecular complexity index is 700. The zero-order valence-electron chi connectivity index (χ0n) is 16.6. The molecule has 1 saturated carbocycles.